The van der Waals surface area contributed by atoms with Crippen LogP contribution in [0.15, 0.2) is 71.3 Å². The molecule has 1 atom stereocenters. The Morgan fingerprint density at radius 3 is 2.71 bits per heavy atom. The van der Waals surface area contributed by atoms with Crippen LogP contribution in [0.1, 0.15) is 21.5 Å². The Bertz CT molecular complexity index is 986. The molecule has 0 radical (unpaired) electrons. The van der Waals surface area contributed by atoms with Gasteiger partial charge in [-0.05, 0) is 42.0 Å². The van der Waals surface area contributed by atoms with Gasteiger partial charge >= 0.3 is 0 Å². The van der Waals surface area contributed by atoms with E-state index in [2.05, 4.69) is 5.32 Å². The van der Waals surface area contributed by atoms with Crippen LogP contribution in [0.3, 0.4) is 0 Å². The number of thioether (sulfide) groups is 1. The number of hydrogen-bond acceptors (Lipinski definition) is 5. The van der Waals surface area contributed by atoms with E-state index >= 15 is 0 Å². The molecule has 0 saturated carbocycles. The molecule has 142 valence electrons. The zero-order chi connectivity index (χ0) is 19.5. The van der Waals surface area contributed by atoms with Crippen molar-refractivity contribution in [1.82, 2.24) is 0 Å². The fourth-order valence-corrected chi connectivity index (χ4v) is 4.22. The van der Waals surface area contributed by atoms with Crippen molar-refractivity contribution in [3.05, 3.63) is 78.3 Å². The molecule has 1 saturated heterocycles. The lowest BCUT2D eigenvalue weighted by molar-refractivity contribution is -0.115. The molecule has 3 aromatic rings. The van der Waals surface area contributed by atoms with Gasteiger partial charge in [-0.25, -0.2) is 0 Å². The van der Waals surface area contributed by atoms with Crippen LogP contribution in [-0.2, 0) is 4.79 Å². The third-order valence-corrected chi connectivity index (χ3v) is 5.61. The zero-order valence-electron chi connectivity index (χ0n) is 15.1. The Kier molecular flexibility index (Phi) is 5.08. The molecule has 0 aliphatic carbocycles. The van der Waals surface area contributed by atoms with E-state index < -0.39 is 0 Å². The summed E-state index contributed by atoms with van der Waals surface area (Å²) in [6.45, 7) is 0. The van der Waals surface area contributed by atoms with E-state index in [0.29, 0.717) is 17.2 Å². The lowest BCUT2D eigenvalue weighted by Gasteiger charge is -2.25. The molecular weight excluding hydrogens is 376 g/mol. The van der Waals surface area contributed by atoms with Crippen molar-refractivity contribution in [2.24, 2.45) is 0 Å². The third kappa shape index (κ3) is 3.61. The molecule has 0 spiro atoms. The summed E-state index contributed by atoms with van der Waals surface area (Å²) >= 11 is 1.57. The summed E-state index contributed by atoms with van der Waals surface area (Å²) in [6.07, 6.45) is 1.46. The number of carbonyl (C=O) groups excluding carboxylic acids is 2. The van der Waals surface area contributed by atoms with Gasteiger partial charge in [0.05, 0.1) is 19.1 Å². The minimum atomic E-state index is -0.304. The molecule has 28 heavy (non-hydrogen) atoms. The largest absolute Gasteiger partial charge is 0.497 e. The number of nitrogens with one attached hydrogen (secondary N) is 1. The highest BCUT2D eigenvalue weighted by Gasteiger charge is 2.34. The summed E-state index contributed by atoms with van der Waals surface area (Å²) in [7, 11) is 1.60. The molecule has 6 nitrogen and oxygen atoms in total. The van der Waals surface area contributed by atoms with E-state index in [0.717, 1.165) is 11.3 Å². The highest BCUT2D eigenvalue weighted by molar-refractivity contribution is 8.00. The van der Waals surface area contributed by atoms with Gasteiger partial charge in [0, 0.05) is 17.4 Å². The van der Waals surface area contributed by atoms with E-state index in [4.69, 9.17) is 9.15 Å². The molecule has 2 heterocycles. The number of nitrogens with zero attached hydrogens (tertiary/aromatic N) is 1. The topological polar surface area (TPSA) is 71.8 Å². The summed E-state index contributed by atoms with van der Waals surface area (Å²) in [6, 6.07) is 18.2. The fourth-order valence-electron chi connectivity index (χ4n) is 3.04. The minimum Gasteiger partial charge on any atom is -0.497 e. The van der Waals surface area contributed by atoms with Crippen LogP contribution in [0.4, 0.5) is 11.4 Å². The normalized spacial score (nSPS) is 16.2. The van der Waals surface area contributed by atoms with Gasteiger partial charge in [0.15, 0.2) is 5.76 Å². The number of rotatable bonds is 5. The summed E-state index contributed by atoms with van der Waals surface area (Å²) in [5, 5.41) is 2.66. The van der Waals surface area contributed by atoms with Crippen molar-refractivity contribution in [1.29, 1.82) is 0 Å². The van der Waals surface area contributed by atoms with Gasteiger partial charge in [-0.1, -0.05) is 18.2 Å². The van der Waals surface area contributed by atoms with Crippen LogP contribution in [-0.4, -0.2) is 24.7 Å². The van der Waals surface area contributed by atoms with Crippen LogP contribution >= 0.6 is 11.8 Å². The molecule has 2 amide bonds. The van der Waals surface area contributed by atoms with Gasteiger partial charge < -0.3 is 14.5 Å². The first-order valence-corrected chi connectivity index (χ1v) is 9.73. The van der Waals surface area contributed by atoms with E-state index in [1.54, 1.807) is 35.9 Å². The highest BCUT2D eigenvalue weighted by Crippen LogP contribution is 2.42. The summed E-state index contributed by atoms with van der Waals surface area (Å²) in [4.78, 5) is 26.4. The lowest BCUT2D eigenvalue weighted by Crippen LogP contribution is -2.27. The Morgan fingerprint density at radius 1 is 1.18 bits per heavy atom. The van der Waals surface area contributed by atoms with Gasteiger partial charge in [0.25, 0.3) is 5.91 Å². The van der Waals surface area contributed by atoms with Crippen molar-refractivity contribution in [3.8, 4) is 5.75 Å². The molecule has 4 rings (SSSR count). The van der Waals surface area contributed by atoms with Gasteiger partial charge in [-0.15, -0.1) is 11.8 Å². The lowest BCUT2D eigenvalue weighted by atomic mass is 10.1. The van der Waals surface area contributed by atoms with E-state index in [-0.39, 0.29) is 22.9 Å². The maximum atomic E-state index is 12.5. The van der Waals surface area contributed by atoms with Crippen LogP contribution in [0, 0.1) is 0 Å². The van der Waals surface area contributed by atoms with Crippen molar-refractivity contribution < 1.29 is 18.7 Å². The van der Waals surface area contributed by atoms with Crippen molar-refractivity contribution in [2.45, 2.75) is 5.37 Å². The maximum Gasteiger partial charge on any atom is 0.291 e. The molecule has 1 aromatic heterocycles. The molecule has 1 N–H and O–H groups in total. The number of hydrogen-bond donors (Lipinski definition) is 1. The first kappa shape index (κ1) is 18.2. The Morgan fingerprint density at radius 2 is 2.00 bits per heavy atom. The van der Waals surface area contributed by atoms with Gasteiger partial charge in [0.2, 0.25) is 5.91 Å². The highest BCUT2D eigenvalue weighted by atomic mass is 32.2. The molecule has 0 unspecified atom stereocenters. The summed E-state index contributed by atoms with van der Waals surface area (Å²) < 4.78 is 10.4. The number of anilines is 2. The minimum absolute atomic E-state index is 0.0541. The molecule has 2 aromatic carbocycles. The quantitative estimate of drug-likeness (QED) is 0.698. The monoisotopic (exact) mass is 394 g/mol. The van der Waals surface area contributed by atoms with Crippen molar-refractivity contribution in [2.75, 3.05) is 23.1 Å². The van der Waals surface area contributed by atoms with Crippen LogP contribution in [0.5, 0.6) is 5.75 Å². The van der Waals surface area contributed by atoms with Gasteiger partial charge in [-0.2, -0.15) is 0 Å². The Labute approximate surface area is 166 Å². The molecule has 1 fully saturated rings. The van der Waals surface area contributed by atoms with E-state index in [9.17, 15) is 9.59 Å². The van der Waals surface area contributed by atoms with Crippen LogP contribution < -0.4 is 15.0 Å². The number of benzene rings is 2. The van der Waals surface area contributed by atoms with Crippen LogP contribution in [0.25, 0.3) is 0 Å². The number of amides is 2. The standard InChI is InChI=1S/C21H18N2O4S/c1-26-17-5-2-4-16(12-17)23-19(24)13-28-21(23)14-7-9-15(10-8-14)22-20(25)18-6-3-11-27-18/h2-12,21H,13H2,1H3,(H,22,25)/t21-/m0/s1. The molecule has 1 aliphatic rings. The molecule has 0 bridgehead atoms. The number of ether oxygens (including phenoxy) is 1. The Hall–Kier alpha value is -3.19. The zero-order valence-corrected chi connectivity index (χ0v) is 15.9. The summed E-state index contributed by atoms with van der Waals surface area (Å²) in [5.41, 5.74) is 2.44. The van der Waals surface area contributed by atoms with E-state index in [1.165, 1.54) is 6.26 Å². The fraction of sp³-hybridized carbons (Fsp3) is 0.143. The molecule has 1 aliphatic heterocycles. The average molecular weight is 394 g/mol. The third-order valence-electron chi connectivity index (χ3n) is 4.40. The van der Waals surface area contributed by atoms with E-state index in [1.807, 2.05) is 48.5 Å². The smallest absolute Gasteiger partial charge is 0.291 e. The number of methoxy groups -OCH3 is 1. The van der Waals surface area contributed by atoms with Crippen LogP contribution in [0.2, 0.25) is 0 Å². The maximum absolute atomic E-state index is 12.5. The van der Waals surface area contributed by atoms with Gasteiger partial charge in [-0.3, -0.25) is 14.5 Å². The second-order valence-electron chi connectivity index (χ2n) is 6.18. The first-order valence-electron chi connectivity index (χ1n) is 8.68. The predicted octanol–water partition coefficient (Wildman–Crippen LogP) is 4.32. The predicted molar refractivity (Wildman–Crippen MR) is 109 cm³/mol. The molecule has 7 heteroatoms. The SMILES string of the molecule is COc1cccc(N2C(=O)CS[C@H]2c2ccc(NC(=O)c3ccco3)cc2)c1. The molecular formula is C21H18N2O4S. The second kappa shape index (κ2) is 7.82. The second-order valence-corrected chi connectivity index (χ2v) is 7.25. The van der Waals surface area contributed by atoms with Gasteiger partial charge in [0.1, 0.15) is 11.1 Å². The summed E-state index contributed by atoms with van der Waals surface area (Å²) in [5.74, 6) is 1.13. The van der Waals surface area contributed by atoms with Crippen molar-refractivity contribution in [3.63, 3.8) is 0 Å². The van der Waals surface area contributed by atoms with Crippen molar-refractivity contribution >= 4 is 35.0 Å². The number of furan rings is 1. The first-order chi connectivity index (χ1) is 13.7. The number of carbonyl (C=O) groups is 2. The average Bonchev–Trinajstić information content (AvgIpc) is 3.39. The Balaban J connectivity index is 1.54.